The number of carbonyl (C=O) groups excluding carboxylic acids is 1. The summed E-state index contributed by atoms with van der Waals surface area (Å²) in [5, 5.41) is 9.63. The van der Waals surface area contributed by atoms with Crippen LogP contribution in [-0.4, -0.2) is 46.3 Å². The maximum absolute atomic E-state index is 12.3. The van der Waals surface area contributed by atoms with Gasteiger partial charge < -0.3 is 14.4 Å². The predicted molar refractivity (Wildman–Crippen MR) is 110 cm³/mol. The number of unbranched alkanes of at least 4 members (excludes halogenated alkanes) is 1. The van der Waals surface area contributed by atoms with Crippen LogP contribution in [0, 0.1) is 11.3 Å². The van der Waals surface area contributed by atoms with Gasteiger partial charge in [0.1, 0.15) is 17.7 Å². The SMILES string of the molecule is CC(C)(C)OC(=O)N1CCC(c2ncnc3cc(OCCCC#N)ccc23)CC1. The van der Waals surface area contributed by atoms with Crippen molar-refractivity contribution in [1.82, 2.24) is 14.9 Å². The number of hydrogen-bond acceptors (Lipinski definition) is 6. The van der Waals surface area contributed by atoms with Crippen LogP contribution in [-0.2, 0) is 4.74 Å². The van der Waals surface area contributed by atoms with Crippen molar-refractivity contribution < 1.29 is 14.3 Å². The monoisotopic (exact) mass is 396 g/mol. The maximum atomic E-state index is 12.3. The number of fused-ring (bicyclic) bond motifs is 1. The fourth-order valence-corrected chi connectivity index (χ4v) is 3.48. The molecule has 0 N–H and O–H groups in total. The van der Waals surface area contributed by atoms with E-state index < -0.39 is 5.60 Å². The Morgan fingerprint density at radius 1 is 1.28 bits per heavy atom. The van der Waals surface area contributed by atoms with E-state index in [0.717, 1.165) is 35.2 Å². The molecule has 1 aromatic carbocycles. The van der Waals surface area contributed by atoms with Gasteiger partial charge in [0.05, 0.1) is 23.9 Å². The zero-order valence-corrected chi connectivity index (χ0v) is 17.4. The molecule has 1 aromatic heterocycles. The molecule has 7 heteroatoms. The van der Waals surface area contributed by atoms with Gasteiger partial charge in [-0.2, -0.15) is 5.26 Å². The fourth-order valence-electron chi connectivity index (χ4n) is 3.48. The molecule has 29 heavy (non-hydrogen) atoms. The first-order chi connectivity index (χ1) is 13.9. The minimum Gasteiger partial charge on any atom is -0.493 e. The zero-order chi connectivity index (χ0) is 20.9. The molecule has 0 unspecified atom stereocenters. The van der Waals surface area contributed by atoms with Crippen LogP contribution in [0.4, 0.5) is 4.79 Å². The number of ether oxygens (including phenoxy) is 2. The van der Waals surface area contributed by atoms with E-state index in [9.17, 15) is 4.79 Å². The van der Waals surface area contributed by atoms with Crippen molar-refractivity contribution in [3.05, 3.63) is 30.2 Å². The Morgan fingerprint density at radius 3 is 2.72 bits per heavy atom. The summed E-state index contributed by atoms with van der Waals surface area (Å²) in [7, 11) is 0. The quantitative estimate of drug-likeness (QED) is 0.695. The minimum atomic E-state index is -0.481. The number of aromatic nitrogens is 2. The molecule has 0 aliphatic carbocycles. The highest BCUT2D eigenvalue weighted by Crippen LogP contribution is 2.32. The molecule has 0 spiro atoms. The van der Waals surface area contributed by atoms with Crippen molar-refractivity contribution in [3.8, 4) is 11.8 Å². The number of amides is 1. The average Bonchev–Trinajstić information content (AvgIpc) is 2.69. The number of benzene rings is 1. The molecule has 3 rings (SSSR count). The molecule has 1 aliphatic rings. The normalized spacial score (nSPS) is 15.2. The van der Waals surface area contributed by atoms with Gasteiger partial charge in [-0.3, -0.25) is 0 Å². The maximum Gasteiger partial charge on any atom is 0.410 e. The lowest BCUT2D eigenvalue weighted by Gasteiger charge is -2.33. The van der Waals surface area contributed by atoms with Crippen molar-refractivity contribution in [1.29, 1.82) is 5.26 Å². The number of rotatable bonds is 5. The first-order valence-electron chi connectivity index (χ1n) is 10.1. The summed E-state index contributed by atoms with van der Waals surface area (Å²) in [4.78, 5) is 23.0. The van der Waals surface area contributed by atoms with Crippen molar-refractivity contribution in [2.45, 2.75) is 58.0 Å². The average molecular weight is 396 g/mol. The topological polar surface area (TPSA) is 88.3 Å². The Balaban J connectivity index is 1.66. The third-order valence-corrected chi connectivity index (χ3v) is 4.87. The number of carbonyl (C=O) groups is 1. The van der Waals surface area contributed by atoms with E-state index in [1.165, 1.54) is 0 Å². The molecule has 0 bridgehead atoms. The van der Waals surface area contributed by atoms with Gasteiger partial charge in [-0.25, -0.2) is 14.8 Å². The van der Waals surface area contributed by atoms with Gasteiger partial charge >= 0.3 is 6.09 Å². The molecule has 154 valence electrons. The van der Waals surface area contributed by atoms with Gasteiger partial charge in [0.15, 0.2) is 0 Å². The molecule has 1 aliphatic heterocycles. The fraction of sp³-hybridized carbons (Fsp3) is 0.545. The number of likely N-dealkylation sites (tertiary alicyclic amines) is 1. The van der Waals surface area contributed by atoms with Crippen molar-refractivity contribution >= 4 is 17.0 Å². The lowest BCUT2D eigenvalue weighted by atomic mass is 9.91. The predicted octanol–water partition coefficient (Wildman–Crippen LogP) is 4.43. The standard InChI is InChI=1S/C22H28N4O3/c1-22(2,3)29-21(27)26-11-8-16(9-12-26)20-18-7-6-17(28-13-5-4-10-23)14-19(18)24-15-25-20/h6-7,14-16H,4-5,8-9,11-13H2,1-3H3. The van der Waals surface area contributed by atoms with Crippen molar-refractivity contribution in [3.63, 3.8) is 0 Å². The van der Waals surface area contributed by atoms with Gasteiger partial charge in [0, 0.05) is 36.9 Å². The minimum absolute atomic E-state index is 0.248. The lowest BCUT2D eigenvalue weighted by Crippen LogP contribution is -2.41. The largest absolute Gasteiger partial charge is 0.493 e. The van der Waals surface area contributed by atoms with Crippen LogP contribution in [0.25, 0.3) is 10.9 Å². The van der Waals surface area contributed by atoms with E-state index >= 15 is 0 Å². The van der Waals surface area contributed by atoms with Gasteiger partial charge in [0.25, 0.3) is 0 Å². The van der Waals surface area contributed by atoms with E-state index in [2.05, 4.69) is 16.0 Å². The van der Waals surface area contributed by atoms with Crippen LogP contribution >= 0.6 is 0 Å². The molecule has 2 aromatic rings. The summed E-state index contributed by atoms with van der Waals surface area (Å²) >= 11 is 0. The second kappa shape index (κ2) is 9.08. The summed E-state index contributed by atoms with van der Waals surface area (Å²) < 4.78 is 11.2. The van der Waals surface area contributed by atoms with E-state index in [1.54, 1.807) is 11.2 Å². The number of piperidine rings is 1. The molecular weight excluding hydrogens is 368 g/mol. The third-order valence-electron chi connectivity index (χ3n) is 4.87. The molecule has 0 atom stereocenters. The highest BCUT2D eigenvalue weighted by molar-refractivity contribution is 5.82. The Labute approximate surface area is 171 Å². The number of hydrogen-bond donors (Lipinski definition) is 0. The lowest BCUT2D eigenvalue weighted by molar-refractivity contribution is 0.0204. The van der Waals surface area contributed by atoms with Crippen LogP contribution in [0.5, 0.6) is 5.75 Å². The second-order valence-electron chi connectivity index (χ2n) is 8.29. The van der Waals surface area contributed by atoms with E-state index in [-0.39, 0.29) is 12.0 Å². The highest BCUT2D eigenvalue weighted by Gasteiger charge is 2.28. The third kappa shape index (κ3) is 5.57. The summed E-state index contributed by atoms with van der Waals surface area (Å²) in [5.74, 6) is 1.03. The molecular formula is C22H28N4O3. The second-order valence-corrected chi connectivity index (χ2v) is 8.29. The van der Waals surface area contributed by atoms with Crippen molar-refractivity contribution in [2.24, 2.45) is 0 Å². The summed E-state index contributed by atoms with van der Waals surface area (Å²) in [6.07, 6.45) is 4.23. The van der Waals surface area contributed by atoms with E-state index in [0.29, 0.717) is 32.5 Å². The number of nitriles is 1. The van der Waals surface area contributed by atoms with Crippen molar-refractivity contribution in [2.75, 3.05) is 19.7 Å². The molecule has 2 heterocycles. The molecule has 1 fully saturated rings. The van der Waals surface area contributed by atoms with Gasteiger partial charge in [-0.1, -0.05) is 0 Å². The molecule has 1 saturated heterocycles. The van der Waals surface area contributed by atoms with E-state index in [4.69, 9.17) is 14.7 Å². The Bertz CT molecular complexity index is 893. The van der Waals surface area contributed by atoms with Gasteiger partial charge in [-0.05, 0) is 52.2 Å². The zero-order valence-electron chi connectivity index (χ0n) is 17.4. The first-order valence-corrected chi connectivity index (χ1v) is 10.1. The summed E-state index contributed by atoms with van der Waals surface area (Å²) in [5.41, 5.74) is 1.39. The summed E-state index contributed by atoms with van der Waals surface area (Å²) in [6, 6.07) is 7.97. The Hall–Kier alpha value is -2.88. The van der Waals surface area contributed by atoms with Crippen LogP contribution in [0.2, 0.25) is 0 Å². The first kappa shape index (κ1) is 20.8. The number of nitrogens with zero attached hydrogens (tertiary/aromatic N) is 4. The van der Waals surface area contributed by atoms with E-state index in [1.807, 2.05) is 39.0 Å². The van der Waals surface area contributed by atoms with Crippen LogP contribution in [0.1, 0.15) is 58.1 Å². The molecule has 0 saturated carbocycles. The van der Waals surface area contributed by atoms with Gasteiger partial charge in [0.2, 0.25) is 0 Å². The Kier molecular flexibility index (Phi) is 6.53. The molecule has 0 radical (unpaired) electrons. The Morgan fingerprint density at radius 2 is 2.03 bits per heavy atom. The highest BCUT2D eigenvalue weighted by atomic mass is 16.6. The molecule has 1 amide bonds. The van der Waals surface area contributed by atoms with Gasteiger partial charge in [-0.15, -0.1) is 0 Å². The van der Waals surface area contributed by atoms with Crippen LogP contribution in [0.3, 0.4) is 0 Å². The summed E-state index contributed by atoms with van der Waals surface area (Å²) in [6.45, 7) is 7.47. The molecule has 7 nitrogen and oxygen atoms in total. The smallest absolute Gasteiger partial charge is 0.410 e. The van der Waals surface area contributed by atoms with Crippen LogP contribution in [0.15, 0.2) is 24.5 Å². The van der Waals surface area contributed by atoms with Crippen LogP contribution < -0.4 is 4.74 Å².